The molecule has 1 heterocycles. The Morgan fingerprint density at radius 3 is 1.88 bits per heavy atom. The summed E-state index contributed by atoms with van der Waals surface area (Å²) >= 11 is 0. The van der Waals surface area contributed by atoms with Gasteiger partial charge in [0.25, 0.3) is 0 Å². The van der Waals surface area contributed by atoms with E-state index in [1.165, 1.54) is 0 Å². The number of anilines is 2. The quantitative estimate of drug-likeness (QED) is 0.726. The lowest BCUT2D eigenvalue weighted by molar-refractivity contribution is 0.199. The summed E-state index contributed by atoms with van der Waals surface area (Å²) in [6, 6.07) is 15.1. The summed E-state index contributed by atoms with van der Waals surface area (Å²) in [5, 5.41) is 11.3. The van der Waals surface area contributed by atoms with Crippen molar-refractivity contribution in [1.82, 2.24) is 0 Å². The molecule has 0 N–H and O–H groups in total. The molecule has 1 aliphatic rings. The number of fused-ring (bicyclic) bond motifs is 2. The fourth-order valence-electron chi connectivity index (χ4n) is 1.92. The minimum Gasteiger partial charge on any atom is -0.453 e. The van der Waals surface area contributed by atoms with Gasteiger partial charge in [-0.15, -0.1) is 0 Å². The molecule has 0 aliphatic carbocycles. The fourth-order valence-corrected chi connectivity index (χ4v) is 1.92. The summed E-state index contributed by atoms with van der Waals surface area (Å²) in [5.41, 5.74) is 1.66. The van der Waals surface area contributed by atoms with E-state index in [0.717, 1.165) is 22.9 Å². The number of rotatable bonds is 1. The summed E-state index contributed by atoms with van der Waals surface area (Å²) in [4.78, 5) is 1.72. The summed E-state index contributed by atoms with van der Waals surface area (Å²) in [6.45, 7) is -0.308. The van der Waals surface area contributed by atoms with Gasteiger partial charge in [0.05, 0.1) is 11.4 Å². The lowest BCUT2D eigenvalue weighted by Crippen LogP contribution is -2.21. The normalized spacial score (nSPS) is 12.7. The molecule has 16 heavy (non-hydrogen) atoms. The number of benzene rings is 2. The molecule has 0 saturated heterocycles. The first-order valence-electron chi connectivity index (χ1n) is 5.12. The van der Waals surface area contributed by atoms with Crippen LogP contribution in [0.15, 0.2) is 48.5 Å². The number of ether oxygens (including phenoxy) is 1. The Hall–Kier alpha value is -2.00. The maximum absolute atomic E-state index is 11.3. The van der Waals surface area contributed by atoms with Crippen LogP contribution in [0.3, 0.4) is 0 Å². The highest BCUT2D eigenvalue weighted by Crippen LogP contribution is 2.45. The van der Waals surface area contributed by atoms with Gasteiger partial charge in [0.15, 0.2) is 18.2 Å². The maximum atomic E-state index is 11.3. The van der Waals surface area contributed by atoms with Crippen LogP contribution in [0.2, 0.25) is 0 Å². The topological polar surface area (TPSA) is 32.4 Å². The molecule has 0 saturated carbocycles. The van der Waals surface area contributed by atoms with Crippen molar-refractivity contribution in [2.75, 3.05) is 11.6 Å². The maximum Gasteiger partial charge on any atom is 0.158 e. The van der Waals surface area contributed by atoms with Gasteiger partial charge in [-0.2, -0.15) is 0 Å². The number of hydrogen-bond donors (Lipinski definition) is 0. The molecule has 3 heteroatoms. The van der Waals surface area contributed by atoms with E-state index in [2.05, 4.69) is 0 Å². The third-order valence-corrected chi connectivity index (χ3v) is 2.66. The van der Waals surface area contributed by atoms with Crippen LogP contribution in [-0.2, 0) is 5.11 Å². The van der Waals surface area contributed by atoms with Crippen molar-refractivity contribution in [3.8, 4) is 11.5 Å². The van der Waals surface area contributed by atoms with Crippen molar-refractivity contribution in [1.29, 1.82) is 0 Å². The lowest BCUT2D eigenvalue weighted by Gasteiger charge is -2.30. The van der Waals surface area contributed by atoms with Crippen molar-refractivity contribution in [3.63, 3.8) is 0 Å². The molecular weight excluding hydrogens is 202 g/mol. The van der Waals surface area contributed by atoms with Crippen LogP contribution in [-0.4, -0.2) is 6.73 Å². The van der Waals surface area contributed by atoms with Crippen molar-refractivity contribution < 1.29 is 9.84 Å². The minimum atomic E-state index is -0.308. The van der Waals surface area contributed by atoms with E-state index in [0.29, 0.717) is 0 Å². The van der Waals surface area contributed by atoms with Crippen LogP contribution in [0.1, 0.15) is 0 Å². The van der Waals surface area contributed by atoms with Crippen LogP contribution < -0.4 is 9.64 Å². The Morgan fingerprint density at radius 2 is 1.38 bits per heavy atom. The van der Waals surface area contributed by atoms with E-state index >= 15 is 0 Å². The Labute approximate surface area is 93.5 Å². The fraction of sp³-hybridized carbons (Fsp3) is 0.0769. The second-order valence-electron chi connectivity index (χ2n) is 3.59. The zero-order valence-corrected chi connectivity index (χ0v) is 8.59. The third-order valence-electron chi connectivity index (χ3n) is 2.66. The van der Waals surface area contributed by atoms with Gasteiger partial charge in [-0.3, -0.25) is 0 Å². The average molecular weight is 212 g/mol. The van der Waals surface area contributed by atoms with Crippen LogP contribution in [0.5, 0.6) is 11.5 Å². The van der Waals surface area contributed by atoms with Gasteiger partial charge in [0, 0.05) is 0 Å². The van der Waals surface area contributed by atoms with Gasteiger partial charge in [-0.05, 0) is 24.3 Å². The van der Waals surface area contributed by atoms with Crippen LogP contribution >= 0.6 is 0 Å². The highest BCUT2D eigenvalue weighted by molar-refractivity contribution is 5.77. The number of para-hydroxylation sites is 4. The first-order chi connectivity index (χ1) is 7.90. The molecule has 1 radical (unpaired) electrons. The van der Waals surface area contributed by atoms with Crippen molar-refractivity contribution in [3.05, 3.63) is 48.5 Å². The lowest BCUT2D eigenvalue weighted by atomic mass is 10.2. The summed E-state index contributed by atoms with van der Waals surface area (Å²) < 4.78 is 5.73. The molecule has 0 aromatic heterocycles. The van der Waals surface area contributed by atoms with Gasteiger partial charge < -0.3 is 9.64 Å². The monoisotopic (exact) mass is 212 g/mol. The molecule has 1 aliphatic heterocycles. The summed E-state index contributed by atoms with van der Waals surface area (Å²) in [6.07, 6.45) is 0. The molecule has 0 spiro atoms. The summed E-state index contributed by atoms with van der Waals surface area (Å²) in [7, 11) is 0. The molecule has 0 atom stereocenters. The predicted molar refractivity (Wildman–Crippen MR) is 60.7 cm³/mol. The van der Waals surface area contributed by atoms with Gasteiger partial charge in [0.1, 0.15) is 0 Å². The molecule has 3 rings (SSSR count). The number of nitrogens with zero attached hydrogens (tertiary/aromatic N) is 1. The van der Waals surface area contributed by atoms with Gasteiger partial charge in [-0.1, -0.05) is 24.3 Å². The first kappa shape index (κ1) is 9.24. The summed E-state index contributed by atoms with van der Waals surface area (Å²) in [5.74, 6) is 1.47. The molecule has 3 nitrogen and oxygen atoms in total. The second kappa shape index (κ2) is 3.54. The van der Waals surface area contributed by atoms with Crippen LogP contribution in [0, 0.1) is 0 Å². The first-order valence-corrected chi connectivity index (χ1v) is 5.12. The Morgan fingerprint density at radius 1 is 0.875 bits per heavy atom. The molecule has 0 unspecified atom stereocenters. The van der Waals surface area contributed by atoms with Crippen molar-refractivity contribution >= 4 is 11.4 Å². The van der Waals surface area contributed by atoms with Gasteiger partial charge in [-0.25, -0.2) is 5.11 Å². The number of hydrogen-bond acceptors (Lipinski definition) is 2. The minimum absolute atomic E-state index is 0.308. The second-order valence-corrected chi connectivity index (χ2v) is 3.59. The van der Waals surface area contributed by atoms with Crippen molar-refractivity contribution in [2.24, 2.45) is 0 Å². The largest absolute Gasteiger partial charge is 0.453 e. The van der Waals surface area contributed by atoms with Crippen LogP contribution in [0.4, 0.5) is 11.4 Å². The Bertz CT molecular complexity index is 479. The van der Waals surface area contributed by atoms with E-state index < -0.39 is 0 Å². The molecule has 79 valence electrons. The van der Waals surface area contributed by atoms with Gasteiger partial charge >= 0.3 is 0 Å². The van der Waals surface area contributed by atoms with E-state index in [1.54, 1.807) is 4.90 Å². The predicted octanol–water partition coefficient (Wildman–Crippen LogP) is 3.32. The molecule has 2 aromatic carbocycles. The highest BCUT2D eigenvalue weighted by Gasteiger charge is 2.22. The van der Waals surface area contributed by atoms with Gasteiger partial charge in [0.2, 0.25) is 0 Å². The molecule has 0 bridgehead atoms. The molecule has 0 amide bonds. The third kappa shape index (κ3) is 1.26. The van der Waals surface area contributed by atoms with Crippen molar-refractivity contribution in [2.45, 2.75) is 0 Å². The van der Waals surface area contributed by atoms with E-state index in [9.17, 15) is 5.11 Å². The molecule has 0 fully saturated rings. The molecule has 2 aromatic rings. The van der Waals surface area contributed by atoms with E-state index in [1.807, 2.05) is 48.5 Å². The SMILES string of the molecule is [O]CN1c2ccccc2Oc2ccccc21. The zero-order chi connectivity index (χ0) is 11.0. The van der Waals surface area contributed by atoms with Crippen LogP contribution in [0.25, 0.3) is 0 Å². The highest BCUT2D eigenvalue weighted by atomic mass is 16.5. The smallest absolute Gasteiger partial charge is 0.158 e. The molecular formula is C13H10NO2. The Kier molecular flexibility index (Phi) is 2.04. The standard InChI is InChI=1S/C13H10NO2/c15-9-14-10-5-1-3-7-12(10)16-13-8-4-2-6-11(13)14/h1-8H,9H2. The van der Waals surface area contributed by atoms with E-state index in [-0.39, 0.29) is 6.73 Å². The average Bonchev–Trinajstić information content (AvgIpc) is 2.36. The Balaban J connectivity index is 2.19. The van der Waals surface area contributed by atoms with E-state index in [4.69, 9.17) is 4.74 Å². The zero-order valence-electron chi connectivity index (χ0n) is 8.59.